The Labute approximate surface area is 97.0 Å². The molecule has 1 aliphatic carbocycles. The Morgan fingerprint density at radius 3 is 2.62 bits per heavy atom. The van der Waals surface area contributed by atoms with Gasteiger partial charge in [-0.05, 0) is 25.2 Å². The Kier molecular flexibility index (Phi) is 3.69. The minimum atomic E-state index is -0.240. The zero-order valence-corrected chi connectivity index (χ0v) is 9.98. The summed E-state index contributed by atoms with van der Waals surface area (Å²) in [5.41, 5.74) is 0. The number of hydrogen-bond donors (Lipinski definition) is 2. The average Bonchev–Trinajstić information content (AvgIpc) is 2.74. The molecule has 0 aromatic rings. The lowest BCUT2D eigenvalue weighted by Gasteiger charge is -2.35. The molecule has 0 spiro atoms. The Bertz CT molecular complexity index is 251. The molecule has 0 aromatic heterocycles. The van der Waals surface area contributed by atoms with Gasteiger partial charge in [-0.2, -0.15) is 0 Å². The third-order valence-electron chi connectivity index (χ3n) is 3.83. The third kappa shape index (κ3) is 2.67. The van der Waals surface area contributed by atoms with Crippen molar-refractivity contribution in [1.29, 1.82) is 0 Å². The Hall–Kier alpha value is -0.770. The van der Waals surface area contributed by atoms with Crippen LogP contribution in [0.5, 0.6) is 0 Å². The van der Waals surface area contributed by atoms with Gasteiger partial charge in [-0.1, -0.05) is 19.8 Å². The number of amides is 2. The number of likely N-dealkylation sites (tertiary alicyclic amines) is 1. The second-order valence-corrected chi connectivity index (χ2v) is 5.21. The van der Waals surface area contributed by atoms with Crippen molar-refractivity contribution in [3.05, 3.63) is 0 Å². The molecule has 2 fully saturated rings. The van der Waals surface area contributed by atoms with Gasteiger partial charge in [0.05, 0.1) is 6.10 Å². The van der Waals surface area contributed by atoms with Gasteiger partial charge >= 0.3 is 6.03 Å². The van der Waals surface area contributed by atoms with E-state index < -0.39 is 0 Å². The van der Waals surface area contributed by atoms with Crippen LogP contribution in [0.4, 0.5) is 4.79 Å². The molecule has 1 heterocycles. The summed E-state index contributed by atoms with van der Waals surface area (Å²) in [5, 5.41) is 12.7. The van der Waals surface area contributed by atoms with Gasteiger partial charge in [0.2, 0.25) is 0 Å². The summed E-state index contributed by atoms with van der Waals surface area (Å²) in [6.45, 7) is 3.36. The van der Waals surface area contributed by atoms with Gasteiger partial charge in [0.1, 0.15) is 0 Å². The summed E-state index contributed by atoms with van der Waals surface area (Å²) in [6.07, 6.45) is 5.19. The molecule has 1 saturated carbocycles. The molecule has 4 nitrogen and oxygen atoms in total. The summed E-state index contributed by atoms with van der Waals surface area (Å²) >= 11 is 0. The van der Waals surface area contributed by atoms with Crippen LogP contribution in [-0.4, -0.2) is 41.3 Å². The Morgan fingerprint density at radius 2 is 2.00 bits per heavy atom. The van der Waals surface area contributed by atoms with Crippen LogP contribution in [0.1, 0.15) is 39.0 Å². The van der Waals surface area contributed by atoms with Crippen molar-refractivity contribution in [3.8, 4) is 0 Å². The molecule has 2 N–H and O–H groups in total. The number of rotatable bonds is 1. The van der Waals surface area contributed by atoms with Crippen molar-refractivity contribution in [3.63, 3.8) is 0 Å². The fourth-order valence-corrected chi connectivity index (χ4v) is 2.65. The van der Waals surface area contributed by atoms with Crippen LogP contribution in [-0.2, 0) is 0 Å². The zero-order valence-electron chi connectivity index (χ0n) is 9.98. The number of urea groups is 1. The van der Waals surface area contributed by atoms with Crippen LogP contribution in [0.15, 0.2) is 0 Å². The maximum atomic E-state index is 11.9. The highest BCUT2D eigenvalue weighted by Gasteiger charge is 2.28. The third-order valence-corrected chi connectivity index (χ3v) is 3.83. The number of aliphatic hydroxyl groups excluding tert-OH is 1. The Balaban J connectivity index is 1.80. The van der Waals surface area contributed by atoms with E-state index in [0.29, 0.717) is 25.6 Å². The number of hydrogen-bond acceptors (Lipinski definition) is 2. The smallest absolute Gasteiger partial charge is 0.317 e. The largest absolute Gasteiger partial charge is 0.393 e. The first-order valence-electron chi connectivity index (χ1n) is 6.40. The molecule has 4 heteroatoms. The van der Waals surface area contributed by atoms with Gasteiger partial charge in [-0.25, -0.2) is 4.79 Å². The van der Waals surface area contributed by atoms with Crippen LogP contribution in [0.2, 0.25) is 0 Å². The van der Waals surface area contributed by atoms with Crippen molar-refractivity contribution in [2.75, 3.05) is 13.1 Å². The molecule has 2 aliphatic rings. The molecular weight excluding hydrogens is 204 g/mol. The summed E-state index contributed by atoms with van der Waals surface area (Å²) in [4.78, 5) is 13.8. The van der Waals surface area contributed by atoms with E-state index in [1.54, 1.807) is 0 Å². The summed E-state index contributed by atoms with van der Waals surface area (Å²) < 4.78 is 0. The fraction of sp³-hybridized carbons (Fsp3) is 0.917. The number of nitrogens with zero attached hydrogens (tertiary/aromatic N) is 1. The molecule has 0 bridgehead atoms. The van der Waals surface area contributed by atoms with Crippen molar-refractivity contribution < 1.29 is 9.90 Å². The molecule has 1 saturated heterocycles. The second-order valence-electron chi connectivity index (χ2n) is 5.21. The number of carbonyl (C=O) groups excluding carboxylic acids is 1. The topological polar surface area (TPSA) is 52.6 Å². The lowest BCUT2D eigenvalue weighted by Crippen LogP contribution is -2.50. The van der Waals surface area contributed by atoms with Crippen LogP contribution >= 0.6 is 0 Å². The molecule has 16 heavy (non-hydrogen) atoms. The van der Waals surface area contributed by atoms with Gasteiger partial charge < -0.3 is 15.3 Å². The molecule has 2 rings (SSSR count). The molecular formula is C12H22N2O2. The number of piperidine rings is 1. The average molecular weight is 226 g/mol. The molecule has 2 unspecified atom stereocenters. The molecule has 92 valence electrons. The monoisotopic (exact) mass is 226 g/mol. The van der Waals surface area contributed by atoms with Crippen molar-refractivity contribution in [2.24, 2.45) is 5.92 Å². The van der Waals surface area contributed by atoms with Crippen molar-refractivity contribution in [2.45, 2.75) is 51.2 Å². The standard InChI is InChI=1S/C12H22N2O2/c1-9-8-14(7-6-11(9)15)12(16)13-10-4-2-3-5-10/h9-11,15H,2-8H2,1H3,(H,13,16). The predicted octanol–water partition coefficient (Wildman–Crippen LogP) is 1.34. The van der Waals surface area contributed by atoms with Gasteiger partial charge in [0, 0.05) is 19.1 Å². The fourth-order valence-electron chi connectivity index (χ4n) is 2.65. The summed E-state index contributed by atoms with van der Waals surface area (Å²) in [5.74, 6) is 0.197. The number of aliphatic hydroxyl groups is 1. The van der Waals surface area contributed by atoms with Crippen molar-refractivity contribution >= 4 is 6.03 Å². The lowest BCUT2D eigenvalue weighted by molar-refractivity contribution is 0.0476. The molecule has 1 aliphatic heterocycles. The molecule has 0 aromatic carbocycles. The first-order chi connectivity index (χ1) is 7.66. The van der Waals surface area contributed by atoms with E-state index in [4.69, 9.17) is 0 Å². The molecule has 2 atom stereocenters. The van der Waals surface area contributed by atoms with E-state index in [1.807, 2.05) is 11.8 Å². The van der Waals surface area contributed by atoms with Gasteiger partial charge in [-0.15, -0.1) is 0 Å². The zero-order chi connectivity index (χ0) is 11.5. The van der Waals surface area contributed by atoms with Crippen LogP contribution < -0.4 is 5.32 Å². The second kappa shape index (κ2) is 5.04. The van der Waals surface area contributed by atoms with Crippen molar-refractivity contribution in [1.82, 2.24) is 10.2 Å². The number of carbonyl (C=O) groups is 1. The minimum Gasteiger partial charge on any atom is -0.393 e. The lowest BCUT2D eigenvalue weighted by atomic mass is 9.97. The normalized spacial score (nSPS) is 31.8. The van der Waals surface area contributed by atoms with Gasteiger partial charge in [0.25, 0.3) is 0 Å². The van der Waals surface area contributed by atoms with Crippen LogP contribution in [0.3, 0.4) is 0 Å². The summed E-state index contributed by atoms with van der Waals surface area (Å²) in [7, 11) is 0. The van der Waals surface area contributed by atoms with E-state index in [0.717, 1.165) is 12.8 Å². The summed E-state index contributed by atoms with van der Waals surface area (Å²) in [6, 6.07) is 0.445. The van der Waals surface area contributed by atoms with E-state index in [9.17, 15) is 9.90 Å². The highest BCUT2D eigenvalue weighted by Crippen LogP contribution is 2.20. The van der Waals surface area contributed by atoms with Crippen LogP contribution in [0, 0.1) is 5.92 Å². The highest BCUT2D eigenvalue weighted by atomic mass is 16.3. The maximum absolute atomic E-state index is 11.9. The van der Waals surface area contributed by atoms with E-state index in [2.05, 4.69) is 5.32 Å². The minimum absolute atomic E-state index is 0.0608. The highest BCUT2D eigenvalue weighted by molar-refractivity contribution is 5.74. The van der Waals surface area contributed by atoms with E-state index in [1.165, 1.54) is 12.8 Å². The van der Waals surface area contributed by atoms with E-state index in [-0.39, 0.29) is 18.1 Å². The molecule has 0 radical (unpaired) electrons. The Morgan fingerprint density at radius 1 is 1.31 bits per heavy atom. The SMILES string of the molecule is CC1CN(C(=O)NC2CCCC2)CCC1O. The number of nitrogens with one attached hydrogen (secondary N) is 1. The molecule has 2 amide bonds. The van der Waals surface area contributed by atoms with E-state index >= 15 is 0 Å². The quantitative estimate of drug-likeness (QED) is 0.709. The first-order valence-corrected chi connectivity index (χ1v) is 6.40. The van der Waals surface area contributed by atoms with Gasteiger partial charge in [-0.3, -0.25) is 0 Å². The van der Waals surface area contributed by atoms with Crippen LogP contribution in [0.25, 0.3) is 0 Å². The predicted molar refractivity (Wildman–Crippen MR) is 62.1 cm³/mol. The maximum Gasteiger partial charge on any atom is 0.317 e. The van der Waals surface area contributed by atoms with Gasteiger partial charge in [0.15, 0.2) is 0 Å². The first kappa shape index (κ1) is 11.7.